The van der Waals surface area contributed by atoms with E-state index in [2.05, 4.69) is 100 Å². The monoisotopic (exact) mass is 873 g/mol. The smallest absolute Gasteiger partial charge is 0.219 e. The number of hydrogen-bond donors (Lipinski definition) is 8. The van der Waals surface area contributed by atoms with Crippen LogP contribution in [0.1, 0.15) is 106 Å². The second-order valence-corrected chi connectivity index (χ2v) is 9.14. The summed E-state index contributed by atoms with van der Waals surface area (Å²) >= 11 is 0. The summed E-state index contributed by atoms with van der Waals surface area (Å²) in [5.41, 5.74) is 16.3. The molecule has 0 aliphatic carbocycles. The predicted molar refractivity (Wildman–Crippen MR) is 262 cm³/mol. The Bertz CT molecular complexity index is 756. The molecule has 2 aromatic rings. The molecule has 60 heavy (non-hydrogen) atoms. The number of aliphatic hydroxyl groups is 1. The minimum Gasteiger partial charge on any atom is -0.394 e. The SMILES string of the molecule is C=O.C=O.C=O.C=O.C=O.C=O.C=O.CC.CC(=O)N1CCCCC1.CC(C)O.CCC(C)C.CCc1ccccc1.CCc1ccccc1.CN.CN.CN.N.N.N.N. The first-order chi connectivity index (χ1) is 27.2. The normalized spacial score (nSPS) is 7.68. The maximum Gasteiger partial charge on any atom is 0.219 e. The van der Waals surface area contributed by atoms with E-state index in [0.29, 0.717) is 0 Å². The number of rotatable bonds is 3. The lowest BCUT2D eigenvalue weighted by molar-refractivity contribution is -0.129. The van der Waals surface area contributed by atoms with E-state index in [0.717, 1.165) is 31.8 Å². The molecule has 0 atom stereocenters. The van der Waals surface area contributed by atoms with Crippen molar-refractivity contribution >= 4 is 53.4 Å². The summed E-state index contributed by atoms with van der Waals surface area (Å²) in [5.74, 6) is 1.12. The highest BCUT2D eigenvalue weighted by atomic mass is 16.3. The van der Waals surface area contributed by atoms with Crippen molar-refractivity contribution in [3.8, 4) is 0 Å². The number of piperidine rings is 1. The van der Waals surface area contributed by atoms with Crippen molar-refractivity contribution in [2.75, 3.05) is 34.2 Å². The Hall–Kier alpha value is -4.72. The molecule has 366 valence electrons. The van der Waals surface area contributed by atoms with E-state index in [-0.39, 0.29) is 36.6 Å². The number of aliphatic hydroxyl groups excluding tert-OH is 1. The molecule has 1 aliphatic heterocycles. The summed E-state index contributed by atoms with van der Waals surface area (Å²) in [6, 6.07) is 20.9. The molecule has 1 heterocycles. The number of carbonyl (C=O) groups is 8. The average molecular weight is 873 g/mol. The van der Waals surface area contributed by atoms with Gasteiger partial charge in [0.2, 0.25) is 5.91 Å². The van der Waals surface area contributed by atoms with Crippen molar-refractivity contribution in [2.24, 2.45) is 23.1 Å². The molecular weight excluding hydrogens is 773 g/mol. The molecule has 17 heteroatoms. The fourth-order valence-corrected chi connectivity index (χ4v) is 2.64. The topological polar surface area (TPSA) is 378 Å². The minimum atomic E-state index is -0.167. The predicted octanol–water partition coefficient (Wildman–Crippen LogP) is 7.06. The zero-order valence-electron chi connectivity index (χ0n) is 40.8. The summed E-state index contributed by atoms with van der Waals surface area (Å²) < 4.78 is 0. The number of hydrogen-bond acceptors (Lipinski definition) is 16. The number of nitrogens with zero attached hydrogens (tertiary/aromatic N) is 1. The highest BCUT2D eigenvalue weighted by molar-refractivity contribution is 5.73. The zero-order chi connectivity index (χ0) is 48.2. The molecule has 0 spiro atoms. The van der Waals surface area contributed by atoms with Crippen molar-refractivity contribution < 1.29 is 43.5 Å². The third kappa shape index (κ3) is 170. The summed E-state index contributed by atoms with van der Waals surface area (Å²) in [6.45, 7) is 36.0. The number of carbonyl (C=O) groups excluding carboxylic acids is 8. The summed E-state index contributed by atoms with van der Waals surface area (Å²) in [6.07, 6.45) is 7.10. The Morgan fingerprint density at radius 3 is 0.817 bits per heavy atom. The van der Waals surface area contributed by atoms with Crippen molar-refractivity contribution in [1.82, 2.24) is 29.5 Å². The van der Waals surface area contributed by atoms with E-state index in [9.17, 15) is 4.79 Å². The van der Waals surface area contributed by atoms with Gasteiger partial charge in [0.15, 0.2) is 0 Å². The second-order valence-electron chi connectivity index (χ2n) is 9.14. The summed E-state index contributed by atoms with van der Waals surface area (Å²) in [5, 5.41) is 8.06. The van der Waals surface area contributed by atoms with Gasteiger partial charge in [0.25, 0.3) is 0 Å². The van der Waals surface area contributed by atoms with Gasteiger partial charge in [-0.05, 0) is 84.1 Å². The number of aryl methyl sites for hydroxylation is 2. The maximum atomic E-state index is 10.7. The van der Waals surface area contributed by atoms with Crippen LogP contribution < -0.4 is 41.8 Å². The summed E-state index contributed by atoms with van der Waals surface area (Å²) in [4.78, 5) is 68.6. The van der Waals surface area contributed by atoms with E-state index >= 15 is 0 Å². The van der Waals surface area contributed by atoms with E-state index < -0.39 is 0 Å². The Balaban J connectivity index is -0.0000000229. The van der Waals surface area contributed by atoms with Crippen LogP contribution >= 0.6 is 0 Å². The molecule has 1 aliphatic rings. The van der Waals surface area contributed by atoms with Crippen LogP contribution in [-0.4, -0.2) is 104 Å². The largest absolute Gasteiger partial charge is 0.394 e. The lowest BCUT2D eigenvalue weighted by Gasteiger charge is -2.24. The molecule has 0 aromatic heterocycles. The lowest BCUT2D eigenvalue weighted by Crippen LogP contribution is -2.33. The van der Waals surface area contributed by atoms with Gasteiger partial charge >= 0.3 is 0 Å². The summed E-state index contributed by atoms with van der Waals surface area (Å²) in [7, 11) is 4.50. The van der Waals surface area contributed by atoms with Crippen LogP contribution in [0.25, 0.3) is 0 Å². The lowest BCUT2D eigenvalue weighted by atomic mass is 10.1. The molecule has 0 unspecified atom stereocenters. The van der Waals surface area contributed by atoms with Gasteiger partial charge in [-0.15, -0.1) is 0 Å². The van der Waals surface area contributed by atoms with Crippen LogP contribution in [0.3, 0.4) is 0 Å². The standard InChI is InChI=1S/2C8H10.C7H13NO.C5H12.C3H8O.C2H6.3CH5N.7CH2O.4H3N/c2*1-2-8-6-4-3-5-7-8;1-7(9)8-5-3-2-4-6-8;1-4-5(2)3;1-3(2)4;11*1-2;;;;/h2*3-7H,2H2,1H3;2-6H2,1H3;5H,4H2,1-3H3;3-4H,1-2H3;1-2H3;3*2H2,1H3;7*1H2;4*1H3. The number of nitrogens with two attached hydrogens (primary N) is 3. The van der Waals surface area contributed by atoms with Gasteiger partial charge in [0.05, 0.1) is 0 Å². The quantitative estimate of drug-likeness (QED) is 0.153. The van der Waals surface area contributed by atoms with Gasteiger partial charge < -0.3 is 85.4 Å². The Morgan fingerprint density at radius 2 is 0.717 bits per heavy atom. The van der Waals surface area contributed by atoms with Crippen molar-refractivity contribution in [1.29, 1.82) is 0 Å². The van der Waals surface area contributed by atoms with Crippen LogP contribution in [0.2, 0.25) is 0 Å². The number of benzene rings is 2. The molecule has 2 aromatic carbocycles. The fourth-order valence-electron chi connectivity index (χ4n) is 2.64. The highest BCUT2D eigenvalue weighted by Gasteiger charge is 2.11. The van der Waals surface area contributed by atoms with Crippen LogP contribution in [0.5, 0.6) is 0 Å². The van der Waals surface area contributed by atoms with Crippen LogP contribution in [0.15, 0.2) is 60.7 Å². The van der Waals surface area contributed by atoms with Gasteiger partial charge in [-0.1, -0.05) is 116 Å². The third-order valence-electron chi connectivity index (χ3n) is 5.12. The second kappa shape index (κ2) is 157. The molecular formula is C43H100N8O9. The van der Waals surface area contributed by atoms with Crippen molar-refractivity contribution in [3.05, 3.63) is 71.8 Å². The molecule has 0 radical (unpaired) electrons. The fraction of sp³-hybridized carbons (Fsp3) is 0.535. The Morgan fingerprint density at radius 1 is 0.533 bits per heavy atom. The van der Waals surface area contributed by atoms with Crippen molar-refractivity contribution in [3.63, 3.8) is 0 Å². The van der Waals surface area contributed by atoms with E-state index in [1.54, 1.807) is 20.8 Å². The van der Waals surface area contributed by atoms with Gasteiger partial charge in [0.1, 0.15) is 47.5 Å². The van der Waals surface area contributed by atoms with Gasteiger partial charge in [-0.3, -0.25) is 4.79 Å². The van der Waals surface area contributed by atoms with Crippen molar-refractivity contribution in [2.45, 2.75) is 114 Å². The molecule has 1 fully saturated rings. The Labute approximate surface area is 368 Å². The first-order valence-electron chi connectivity index (χ1n) is 17.9. The average Bonchev–Trinajstić information content (AvgIpc) is 3.32. The Kier molecular flexibility index (Phi) is 292. The van der Waals surface area contributed by atoms with Gasteiger partial charge in [-0.25, -0.2) is 0 Å². The van der Waals surface area contributed by atoms with Crippen LogP contribution in [0.4, 0.5) is 0 Å². The molecule has 19 N–H and O–H groups in total. The van der Waals surface area contributed by atoms with Crippen LogP contribution in [0, 0.1) is 5.92 Å². The number of amides is 1. The van der Waals surface area contributed by atoms with Gasteiger partial charge in [0, 0.05) is 26.1 Å². The van der Waals surface area contributed by atoms with Crippen LogP contribution in [-0.2, 0) is 51.2 Å². The van der Waals surface area contributed by atoms with E-state index in [1.165, 1.54) is 58.0 Å². The molecule has 0 saturated carbocycles. The first kappa shape index (κ1) is 111. The highest BCUT2D eigenvalue weighted by Crippen LogP contribution is 2.07. The first-order valence-corrected chi connectivity index (χ1v) is 17.9. The molecule has 1 saturated heterocycles. The zero-order valence-corrected chi connectivity index (χ0v) is 40.8. The maximum absolute atomic E-state index is 10.7. The van der Waals surface area contributed by atoms with E-state index in [1.807, 2.05) is 78.4 Å². The molecule has 0 bridgehead atoms. The van der Waals surface area contributed by atoms with Gasteiger partial charge in [-0.2, -0.15) is 0 Å². The minimum absolute atomic E-state index is 0. The number of likely N-dealkylation sites (tertiary alicyclic amines) is 1. The molecule has 1 amide bonds. The van der Waals surface area contributed by atoms with E-state index in [4.69, 9.17) is 38.7 Å². The molecule has 3 rings (SSSR count). The molecule has 17 nitrogen and oxygen atoms in total. The third-order valence-corrected chi connectivity index (χ3v) is 5.12.